The molecule has 0 bridgehead atoms. The molecule has 3 N–H and O–H groups in total. The molecule has 8 nitrogen and oxygen atoms in total. The van der Waals surface area contributed by atoms with E-state index >= 15 is 0 Å². The normalized spacial score (nSPS) is 22.4. The van der Waals surface area contributed by atoms with Crippen LogP contribution in [0.3, 0.4) is 0 Å². The highest BCUT2D eigenvalue weighted by Crippen LogP contribution is 2.38. The highest BCUT2D eigenvalue weighted by atomic mass is 16.5. The number of anilines is 1. The number of hydrogen-bond donors (Lipinski definition) is 3. The Labute approximate surface area is 200 Å². The maximum Gasteiger partial charge on any atom is 0.207 e. The van der Waals surface area contributed by atoms with Crippen molar-refractivity contribution < 1.29 is 9.47 Å². The molecule has 2 saturated heterocycles. The van der Waals surface area contributed by atoms with E-state index in [0.717, 1.165) is 73.9 Å². The Morgan fingerprint density at radius 3 is 2.88 bits per heavy atom. The molecule has 0 saturated carbocycles. The van der Waals surface area contributed by atoms with Crippen molar-refractivity contribution in [2.24, 2.45) is 16.8 Å². The fraction of sp³-hybridized carbons (Fsp3) is 0.500. The minimum atomic E-state index is -0.297. The number of ether oxygens (including phenoxy) is 2. The molecule has 2 fully saturated rings. The lowest BCUT2D eigenvalue weighted by Crippen LogP contribution is -2.28. The zero-order valence-corrected chi connectivity index (χ0v) is 19.4. The van der Waals surface area contributed by atoms with Crippen LogP contribution in [0.5, 0.6) is 5.75 Å². The lowest BCUT2D eigenvalue weighted by Gasteiger charge is -2.24. The van der Waals surface area contributed by atoms with E-state index in [4.69, 9.17) is 14.9 Å². The second-order valence-corrected chi connectivity index (χ2v) is 9.39. The van der Waals surface area contributed by atoms with Gasteiger partial charge in [0.2, 0.25) is 5.84 Å². The number of fused-ring (bicyclic) bond motifs is 1. The lowest BCUT2D eigenvalue weighted by atomic mass is 9.95. The Kier molecular flexibility index (Phi) is 6.93. The SMILES string of the molecule is N#CC1=NC(c2ccc(OCCC3CCNCC3)c(C=N)c2)c2ccn(CC3CCOC3)c2N1. The summed E-state index contributed by atoms with van der Waals surface area (Å²) in [6, 6.07) is 9.87. The third-order valence-electron chi connectivity index (χ3n) is 7.12. The van der Waals surface area contributed by atoms with Crippen molar-refractivity contribution in [1.29, 1.82) is 10.7 Å². The summed E-state index contributed by atoms with van der Waals surface area (Å²) in [6.45, 7) is 5.27. The van der Waals surface area contributed by atoms with Crippen LogP contribution in [0.1, 0.15) is 48.4 Å². The largest absolute Gasteiger partial charge is 0.493 e. The smallest absolute Gasteiger partial charge is 0.207 e. The summed E-state index contributed by atoms with van der Waals surface area (Å²) in [5, 5.41) is 24.2. The molecule has 34 heavy (non-hydrogen) atoms. The molecule has 1 aromatic carbocycles. The van der Waals surface area contributed by atoms with E-state index in [2.05, 4.69) is 38.5 Å². The van der Waals surface area contributed by atoms with Gasteiger partial charge in [0, 0.05) is 42.6 Å². The van der Waals surface area contributed by atoms with Gasteiger partial charge in [-0.25, -0.2) is 4.99 Å². The van der Waals surface area contributed by atoms with Crippen LogP contribution in [0.4, 0.5) is 5.82 Å². The van der Waals surface area contributed by atoms with Crippen molar-refractivity contribution in [2.45, 2.75) is 38.3 Å². The summed E-state index contributed by atoms with van der Waals surface area (Å²) in [5.41, 5.74) is 2.72. The van der Waals surface area contributed by atoms with Gasteiger partial charge < -0.3 is 30.1 Å². The highest BCUT2D eigenvalue weighted by Gasteiger charge is 2.28. The van der Waals surface area contributed by atoms with Crippen LogP contribution >= 0.6 is 0 Å². The predicted octanol–water partition coefficient (Wildman–Crippen LogP) is 3.73. The van der Waals surface area contributed by atoms with Crippen molar-refractivity contribution in [3.05, 3.63) is 47.2 Å². The Hall–Kier alpha value is -3.15. The van der Waals surface area contributed by atoms with Gasteiger partial charge in [0.05, 0.1) is 13.2 Å². The molecule has 2 unspecified atom stereocenters. The number of hydrogen-bond acceptors (Lipinski definition) is 7. The van der Waals surface area contributed by atoms with Crippen LogP contribution in [-0.4, -0.2) is 49.5 Å². The highest BCUT2D eigenvalue weighted by molar-refractivity contribution is 6.08. The molecule has 0 radical (unpaired) electrons. The maximum atomic E-state index is 9.61. The third kappa shape index (κ3) is 4.86. The van der Waals surface area contributed by atoms with E-state index in [1.54, 1.807) is 0 Å². The van der Waals surface area contributed by atoms with Crippen molar-refractivity contribution in [2.75, 3.05) is 38.2 Å². The number of benzene rings is 1. The first-order chi connectivity index (χ1) is 16.7. The van der Waals surface area contributed by atoms with E-state index in [1.807, 2.05) is 18.2 Å². The van der Waals surface area contributed by atoms with Gasteiger partial charge in [-0.3, -0.25) is 0 Å². The van der Waals surface area contributed by atoms with Crippen LogP contribution < -0.4 is 15.4 Å². The van der Waals surface area contributed by atoms with Gasteiger partial charge in [0.1, 0.15) is 23.7 Å². The maximum absolute atomic E-state index is 9.61. The molecular weight excluding hydrogens is 428 g/mol. The van der Waals surface area contributed by atoms with Crippen LogP contribution in [0.25, 0.3) is 0 Å². The van der Waals surface area contributed by atoms with Crippen LogP contribution in [0, 0.1) is 28.6 Å². The number of aromatic nitrogens is 1. The topological polar surface area (TPSA) is 107 Å². The number of nitrogens with zero attached hydrogens (tertiary/aromatic N) is 3. The first-order valence-electron chi connectivity index (χ1n) is 12.2. The summed E-state index contributed by atoms with van der Waals surface area (Å²) in [6.07, 6.45) is 7.89. The molecule has 5 rings (SSSR count). The fourth-order valence-electron chi connectivity index (χ4n) is 5.15. The standard InChI is InChI=1S/C26H32N6O2/c27-14-21-13-20(1-2-23(21)34-12-7-18-3-8-29-9-4-18)25-22-5-10-32(16-19-6-11-33-17-19)26(22)31-24(15-28)30-25/h1-2,5,10,13-14,18-19,25,27,29H,3-4,6-9,11-12,16-17H2,(H,30,31). The molecule has 2 atom stereocenters. The molecule has 0 amide bonds. The van der Waals surface area contributed by atoms with Gasteiger partial charge in [-0.1, -0.05) is 6.07 Å². The van der Waals surface area contributed by atoms with Crippen molar-refractivity contribution in [3.63, 3.8) is 0 Å². The average Bonchev–Trinajstić information content (AvgIpc) is 3.55. The molecule has 8 heteroatoms. The summed E-state index contributed by atoms with van der Waals surface area (Å²) < 4.78 is 13.8. The number of piperidine rings is 1. The number of aliphatic imine (C=N–C) groups is 1. The van der Waals surface area contributed by atoms with E-state index in [-0.39, 0.29) is 6.04 Å². The summed E-state index contributed by atoms with van der Waals surface area (Å²) in [4.78, 5) is 4.67. The molecule has 3 aliphatic heterocycles. The van der Waals surface area contributed by atoms with Crippen LogP contribution in [-0.2, 0) is 11.3 Å². The van der Waals surface area contributed by atoms with Crippen molar-refractivity contribution >= 4 is 17.9 Å². The lowest BCUT2D eigenvalue weighted by molar-refractivity contribution is 0.182. The van der Waals surface area contributed by atoms with Crippen LogP contribution in [0.2, 0.25) is 0 Å². The van der Waals surface area contributed by atoms with Crippen molar-refractivity contribution in [3.8, 4) is 11.8 Å². The van der Waals surface area contributed by atoms with Gasteiger partial charge in [-0.05, 0) is 68.5 Å². The first kappa shape index (κ1) is 22.6. The van der Waals surface area contributed by atoms with Gasteiger partial charge in [-0.2, -0.15) is 5.26 Å². The Morgan fingerprint density at radius 2 is 2.12 bits per heavy atom. The molecule has 1 aromatic heterocycles. The number of rotatable bonds is 8. The summed E-state index contributed by atoms with van der Waals surface area (Å²) in [7, 11) is 0. The quantitative estimate of drug-likeness (QED) is 0.521. The second kappa shape index (κ2) is 10.4. The molecule has 0 spiro atoms. The number of nitrogens with one attached hydrogen (secondary N) is 3. The van der Waals surface area contributed by atoms with Crippen LogP contribution in [0.15, 0.2) is 35.5 Å². The third-order valence-corrected chi connectivity index (χ3v) is 7.12. The summed E-state index contributed by atoms with van der Waals surface area (Å²) in [5.74, 6) is 3.13. The summed E-state index contributed by atoms with van der Waals surface area (Å²) >= 11 is 0. The van der Waals surface area contributed by atoms with E-state index in [0.29, 0.717) is 24.3 Å². The minimum absolute atomic E-state index is 0.297. The van der Waals surface area contributed by atoms with Gasteiger partial charge >= 0.3 is 0 Å². The minimum Gasteiger partial charge on any atom is -0.493 e. The molecule has 2 aromatic rings. The van der Waals surface area contributed by atoms with Gasteiger partial charge in [0.15, 0.2) is 0 Å². The Bertz CT molecular complexity index is 1090. The van der Waals surface area contributed by atoms with E-state index < -0.39 is 0 Å². The molecule has 178 valence electrons. The average molecular weight is 461 g/mol. The number of nitriles is 1. The monoisotopic (exact) mass is 460 g/mol. The first-order valence-corrected chi connectivity index (χ1v) is 12.2. The molecule has 3 aliphatic rings. The second-order valence-electron chi connectivity index (χ2n) is 9.39. The van der Waals surface area contributed by atoms with Gasteiger partial charge in [0.25, 0.3) is 0 Å². The molecule has 0 aliphatic carbocycles. The Balaban J connectivity index is 1.34. The van der Waals surface area contributed by atoms with Crippen molar-refractivity contribution in [1.82, 2.24) is 9.88 Å². The molecular formula is C26H32N6O2. The number of amidine groups is 1. The Morgan fingerprint density at radius 1 is 1.24 bits per heavy atom. The fourth-order valence-corrected chi connectivity index (χ4v) is 5.15. The zero-order valence-electron chi connectivity index (χ0n) is 19.4. The van der Waals surface area contributed by atoms with E-state index in [9.17, 15) is 5.26 Å². The van der Waals surface area contributed by atoms with E-state index in [1.165, 1.54) is 19.1 Å². The van der Waals surface area contributed by atoms with Gasteiger partial charge in [-0.15, -0.1) is 0 Å². The predicted molar refractivity (Wildman–Crippen MR) is 132 cm³/mol. The zero-order chi connectivity index (χ0) is 23.3. The molecule has 4 heterocycles.